The van der Waals surface area contributed by atoms with Crippen LogP contribution in [0.15, 0.2) is 12.5 Å². The van der Waals surface area contributed by atoms with E-state index in [-0.39, 0.29) is 18.6 Å². The van der Waals surface area contributed by atoms with Gasteiger partial charge in [0.05, 0.1) is 12.0 Å². The van der Waals surface area contributed by atoms with Crippen molar-refractivity contribution < 1.29 is 14.7 Å². The minimum absolute atomic E-state index is 0.0157. The first-order valence-corrected chi connectivity index (χ1v) is 4.28. The van der Waals surface area contributed by atoms with Gasteiger partial charge in [-0.3, -0.25) is 9.59 Å². The quantitative estimate of drug-likeness (QED) is 0.725. The van der Waals surface area contributed by atoms with Crippen LogP contribution in [-0.4, -0.2) is 26.4 Å². The molecule has 1 N–H and O–H groups in total. The number of hydrogen-bond acceptors (Lipinski definition) is 3. The third kappa shape index (κ3) is 1.05. The van der Waals surface area contributed by atoms with Crippen molar-refractivity contribution in [3.05, 3.63) is 18.2 Å². The summed E-state index contributed by atoms with van der Waals surface area (Å²) >= 11 is 0. The molecule has 74 valence electrons. The third-order valence-corrected chi connectivity index (χ3v) is 2.60. The number of hydrogen-bond donors (Lipinski definition) is 1. The van der Waals surface area contributed by atoms with E-state index in [1.807, 2.05) is 0 Å². The standard InChI is InChI=1S/C9H10N2O3/c1-11-4-7(10-5-11)9(8(13)14)2-6(12)3-9/h4-5H,2-3H2,1H3,(H,13,14). The van der Waals surface area contributed by atoms with Gasteiger partial charge in [0.15, 0.2) is 0 Å². The predicted octanol–water partition coefficient (Wildman–Crippen LogP) is 0.105. The van der Waals surface area contributed by atoms with Crippen LogP contribution in [0, 0.1) is 0 Å². The fourth-order valence-electron chi connectivity index (χ4n) is 1.72. The number of carbonyl (C=O) groups is 2. The zero-order valence-corrected chi connectivity index (χ0v) is 7.73. The molecule has 0 bridgehead atoms. The van der Waals surface area contributed by atoms with E-state index in [0.29, 0.717) is 5.69 Å². The van der Waals surface area contributed by atoms with E-state index in [2.05, 4.69) is 4.98 Å². The highest BCUT2D eigenvalue weighted by molar-refractivity contribution is 6.00. The molecule has 0 aromatic carbocycles. The Bertz CT molecular complexity index is 400. The zero-order chi connectivity index (χ0) is 10.3. The van der Waals surface area contributed by atoms with Gasteiger partial charge in [0.1, 0.15) is 11.2 Å². The summed E-state index contributed by atoms with van der Waals surface area (Å²) in [5.74, 6) is -0.978. The second-order valence-electron chi connectivity index (χ2n) is 3.70. The van der Waals surface area contributed by atoms with Crippen molar-refractivity contribution in [2.45, 2.75) is 18.3 Å². The summed E-state index contributed by atoms with van der Waals surface area (Å²) in [4.78, 5) is 26.0. The first-order valence-electron chi connectivity index (χ1n) is 4.28. The fraction of sp³-hybridized carbons (Fsp3) is 0.444. The number of aromatic nitrogens is 2. The molecule has 1 fully saturated rings. The van der Waals surface area contributed by atoms with Crippen LogP contribution in [-0.2, 0) is 22.1 Å². The first-order chi connectivity index (χ1) is 6.54. The van der Waals surface area contributed by atoms with Crippen LogP contribution in [0.4, 0.5) is 0 Å². The number of rotatable bonds is 2. The highest BCUT2D eigenvalue weighted by Crippen LogP contribution is 2.40. The van der Waals surface area contributed by atoms with Gasteiger partial charge in [-0.2, -0.15) is 0 Å². The van der Waals surface area contributed by atoms with Crippen LogP contribution in [0.5, 0.6) is 0 Å². The van der Waals surface area contributed by atoms with Gasteiger partial charge in [-0.1, -0.05) is 0 Å². The number of ketones is 1. The summed E-state index contributed by atoms with van der Waals surface area (Å²) in [7, 11) is 1.77. The molecule has 5 nitrogen and oxygen atoms in total. The number of carbonyl (C=O) groups excluding carboxylic acids is 1. The second kappa shape index (κ2) is 2.67. The van der Waals surface area contributed by atoms with E-state index in [0.717, 1.165) is 0 Å². The molecule has 1 aliphatic carbocycles. The minimum atomic E-state index is -1.06. The molecular weight excluding hydrogens is 184 g/mol. The Hall–Kier alpha value is -1.65. The molecule has 1 saturated carbocycles. The number of aliphatic carboxylic acids is 1. The molecule has 0 spiro atoms. The molecule has 0 atom stereocenters. The van der Waals surface area contributed by atoms with Gasteiger partial charge in [-0.25, -0.2) is 4.98 Å². The Balaban J connectivity index is 2.38. The molecule has 1 aromatic heterocycles. The molecule has 0 unspecified atom stereocenters. The highest BCUT2D eigenvalue weighted by atomic mass is 16.4. The van der Waals surface area contributed by atoms with Gasteiger partial charge < -0.3 is 9.67 Å². The molecule has 1 aliphatic rings. The molecule has 14 heavy (non-hydrogen) atoms. The number of carboxylic acid groups (broad SMARTS) is 1. The molecule has 0 aliphatic heterocycles. The Morgan fingerprint density at radius 3 is 2.64 bits per heavy atom. The lowest BCUT2D eigenvalue weighted by atomic mass is 9.66. The van der Waals surface area contributed by atoms with E-state index in [1.54, 1.807) is 24.1 Å². The molecular formula is C9H10N2O3. The van der Waals surface area contributed by atoms with Crippen LogP contribution in [0.25, 0.3) is 0 Å². The fourth-order valence-corrected chi connectivity index (χ4v) is 1.72. The number of nitrogens with zero attached hydrogens (tertiary/aromatic N) is 2. The molecule has 1 heterocycles. The average molecular weight is 194 g/mol. The largest absolute Gasteiger partial charge is 0.481 e. The summed E-state index contributed by atoms with van der Waals surface area (Å²) in [6.45, 7) is 0. The van der Waals surface area contributed by atoms with Crippen LogP contribution in [0.1, 0.15) is 18.5 Å². The third-order valence-electron chi connectivity index (χ3n) is 2.60. The van der Waals surface area contributed by atoms with Gasteiger partial charge in [-0.15, -0.1) is 0 Å². The van der Waals surface area contributed by atoms with E-state index in [1.165, 1.54) is 0 Å². The minimum Gasteiger partial charge on any atom is -0.481 e. The Morgan fingerprint density at radius 1 is 1.64 bits per heavy atom. The van der Waals surface area contributed by atoms with Gasteiger partial charge >= 0.3 is 5.97 Å². The lowest BCUT2D eigenvalue weighted by Crippen LogP contribution is -2.48. The maximum atomic E-state index is 11.1. The molecule has 0 amide bonds. The molecule has 2 rings (SSSR count). The van der Waals surface area contributed by atoms with Crippen LogP contribution < -0.4 is 0 Å². The zero-order valence-electron chi connectivity index (χ0n) is 7.73. The molecule has 5 heteroatoms. The SMILES string of the molecule is Cn1cnc(C2(C(=O)O)CC(=O)C2)c1. The van der Waals surface area contributed by atoms with Gasteiger partial charge in [0, 0.05) is 26.1 Å². The first kappa shape index (κ1) is 8.93. The lowest BCUT2D eigenvalue weighted by molar-refractivity contribution is -0.153. The van der Waals surface area contributed by atoms with Crippen molar-refractivity contribution in [1.82, 2.24) is 9.55 Å². The van der Waals surface area contributed by atoms with Crippen molar-refractivity contribution in [3.63, 3.8) is 0 Å². The smallest absolute Gasteiger partial charge is 0.316 e. The van der Waals surface area contributed by atoms with E-state index in [4.69, 9.17) is 5.11 Å². The second-order valence-corrected chi connectivity index (χ2v) is 3.70. The van der Waals surface area contributed by atoms with Crippen LogP contribution >= 0.6 is 0 Å². The van der Waals surface area contributed by atoms with Crippen molar-refractivity contribution in [3.8, 4) is 0 Å². The van der Waals surface area contributed by atoms with Crippen molar-refractivity contribution in [1.29, 1.82) is 0 Å². The predicted molar refractivity (Wildman–Crippen MR) is 46.8 cm³/mol. The molecule has 0 radical (unpaired) electrons. The summed E-state index contributed by atoms with van der Waals surface area (Å²) in [6, 6.07) is 0. The monoisotopic (exact) mass is 194 g/mol. The number of imidazole rings is 1. The maximum absolute atomic E-state index is 11.1. The lowest BCUT2D eigenvalue weighted by Gasteiger charge is -2.34. The maximum Gasteiger partial charge on any atom is 0.316 e. The van der Waals surface area contributed by atoms with Crippen LogP contribution in [0.3, 0.4) is 0 Å². The van der Waals surface area contributed by atoms with Gasteiger partial charge in [0.2, 0.25) is 0 Å². The Kier molecular flexibility index (Phi) is 1.70. The number of carboxylic acids is 1. The Labute approximate surface area is 80.4 Å². The number of Topliss-reactive ketones (excluding diaryl/α,β-unsaturated/α-hetero) is 1. The average Bonchev–Trinajstić information content (AvgIpc) is 2.45. The molecule has 1 aromatic rings. The summed E-state index contributed by atoms with van der Waals surface area (Å²) in [5, 5.41) is 9.06. The Morgan fingerprint density at radius 2 is 2.29 bits per heavy atom. The summed E-state index contributed by atoms with van der Waals surface area (Å²) in [5.41, 5.74) is -0.578. The van der Waals surface area contributed by atoms with E-state index in [9.17, 15) is 9.59 Å². The van der Waals surface area contributed by atoms with E-state index < -0.39 is 11.4 Å². The van der Waals surface area contributed by atoms with Crippen molar-refractivity contribution in [2.24, 2.45) is 7.05 Å². The van der Waals surface area contributed by atoms with Gasteiger partial charge in [0.25, 0.3) is 0 Å². The van der Waals surface area contributed by atoms with Gasteiger partial charge in [-0.05, 0) is 0 Å². The van der Waals surface area contributed by atoms with Crippen LogP contribution in [0.2, 0.25) is 0 Å². The van der Waals surface area contributed by atoms with Crippen molar-refractivity contribution >= 4 is 11.8 Å². The summed E-state index contributed by atoms with van der Waals surface area (Å²) < 4.78 is 1.68. The van der Waals surface area contributed by atoms with Crippen molar-refractivity contribution in [2.75, 3.05) is 0 Å². The van der Waals surface area contributed by atoms with E-state index >= 15 is 0 Å². The molecule has 0 saturated heterocycles. The normalized spacial score (nSPS) is 19.1. The topological polar surface area (TPSA) is 72.2 Å². The summed E-state index contributed by atoms with van der Waals surface area (Å²) in [6.07, 6.45) is 3.34. The number of aryl methyl sites for hydroxylation is 1. The highest BCUT2D eigenvalue weighted by Gasteiger charge is 2.53.